The number of nitrogens with zero attached hydrogens (tertiary/aromatic N) is 1. The topological polar surface area (TPSA) is 102 Å². The number of aromatic nitrogens is 1. The van der Waals surface area contributed by atoms with Crippen LogP contribution < -0.4 is 10.5 Å². The summed E-state index contributed by atoms with van der Waals surface area (Å²) in [6.07, 6.45) is 4.42. The maximum atomic E-state index is 12.2. The number of rotatable bonds is 4. The fourth-order valence-electron chi connectivity index (χ4n) is 2.61. The van der Waals surface area contributed by atoms with Crippen LogP contribution in [0.2, 0.25) is 5.02 Å². The van der Waals surface area contributed by atoms with Gasteiger partial charge in [0, 0.05) is 10.4 Å². The van der Waals surface area contributed by atoms with Gasteiger partial charge < -0.3 is 5.32 Å². The fraction of sp³-hybridized carbons (Fsp3) is 0.333. The molecule has 0 unspecified atom stereocenters. The molecule has 6 nitrogen and oxygen atoms in total. The Labute approximate surface area is 149 Å². The molecule has 24 heavy (non-hydrogen) atoms. The molecule has 0 saturated carbocycles. The van der Waals surface area contributed by atoms with E-state index in [0.29, 0.717) is 6.54 Å². The van der Waals surface area contributed by atoms with Gasteiger partial charge in [-0.1, -0.05) is 11.6 Å². The van der Waals surface area contributed by atoms with Crippen molar-refractivity contribution >= 4 is 38.9 Å². The molecule has 1 aromatic carbocycles. The summed E-state index contributed by atoms with van der Waals surface area (Å²) in [5, 5.41) is 8.63. The van der Waals surface area contributed by atoms with Gasteiger partial charge in [-0.2, -0.15) is 0 Å². The van der Waals surface area contributed by atoms with E-state index in [0.717, 1.165) is 30.0 Å². The average molecular weight is 386 g/mol. The van der Waals surface area contributed by atoms with Gasteiger partial charge in [0.2, 0.25) is 10.0 Å². The van der Waals surface area contributed by atoms with Gasteiger partial charge in [0.05, 0.1) is 17.3 Å². The number of halogens is 1. The highest BCUT2D eigenvalue weighted by Crippen LogP contribution is 2.26. The molecular weight excluding hydrogens is 370 g/mol. The summed E-state index contributed by atoms with van der Waals surface area (Å²) >= 11 is 7.53. The van der Waals surface area contributed by atoms with Crippen LogP contribution in [0.5, 0.6) is 0 Å². The molecule has 0 bridgehead atoms. The van der Waals surface area contributed by atoms with Crippen LogP contribution in [0.4, 0.5) is 0 Å². The van der Waals surface area contributed by atoms with Crippen LogP contribution in [0, 0.1) is 0 Å². The highest BCUT2D eigenvalue weighted by atomic mass is 35.5. The maximum absolute atomic E-state index is 12.2. The summed E-state index contributed by atoms with van der Waals surface area (Å²) in [5.41, 5.74) is 1.42. The molecule has 0 fully saturated rings. The lowest BCUT2D eigenvalue weighted by molar-refractivity contribution is 0.0950. The number of hydrogen-bond acceptors (Lipinski definition) is 5. The zero-order valence-electron chi connectivity index (χ0n) is 12.7. The minimum atomic E-state index is -3.91. The predicted octanol–water partition coefficient (Wildman–Crippen LogP) is 2.25. The van der Waals surface area contributed by atoms with Gasteiger partial charge in [-0.3, -0.25) is 4.79 Å². The number of nitrogens with one attached hydrogen (secondary N) is 1. The van der Waals surface area contributed by atoms with Crippen molar-refractivity contribution in [3.05, 3.63) is 44.4 Å². The summed E-state index contributed by atoms with van der Waals surface area (Å²) in [5.74, 6) is -0.342. The first-order chi connectivity index (χ1) is 11.3. The zero-order valence-corrected chi connectivity index (χ0v) is 15.1. The van der Waals surface area contributed by atoms with Crippen LogP contribution in [-0.2, 0) is 29.4 Å². The lowest BCUT2D eigenvalue weighted by Crippen LogP contribution is -2.23. The first-order valence-corrected chi connectivity index (χ1v) is 10.2. The van der Waals surface area contributed by atoms with Gasteiger partial charge >= 0.3 is 0 Å². The van der Waals surface area contributed by atoms with Crippen molar-refractivity contribution < 1.29 is 13.2 Å². The Morgan fingerprint density at radius 3 is 2.75 bits per heavy atom. The molecule has 1 heterocycles. The lowest BCUT2D eigenvalue weighted by Gasteiger charge is -2.06. The van der Waals surface area contributed by atoms with E-state index < -0.39 is 10.0 Å². The number of amides is 1. The Morgan fingerprint density at radius 2 is 2.08 bits per heavy atom. The number of benzene rings is 1. The van der Waals surface area contributed by atoms with E-state index in [4.69, 9.17) is 16.7 Å². The van der Waals surface area contributed by atoms with Crippen LogP contribution >= 0.6 is 22.9 Å². The zero-order chi connectivity index (χ0) is 17.3. The monoisotopic (exact) mass is 385 g/mol. The number of aryl methyl sites for hydroxylation is 2. The smallest absolute Gasteiger partial charge is 0.251 e. The SMILES string of the molecule is NS(=O)(=O)c1ccc(C(=O)NCc2nc3c(s2)CCCC3)cc1Cl. The molecule has 2 aromatic rings. The molecule has 3 rings (SSSR count). The average Bonchev–Trinajstić information content (AvgIpc) is 2.94. The normalized spacial score (nSPS) is 14.2. The van der Waals surface area contributed by atoms with Crippen molar-refractivity contribution in [3.63, 3.8) is 0 Å². The first-order valence-electron chi connectivity index (χ1n) is 7.42. The number of primary sulfonamides is 1. The number of hydrogen-bond donors (Lipinski definition) is 2. The van der Waals surface area contributed by atoms with Gasteiger partial charge in [0.25, 0.3) is 5.91 Å². The Bertz CT molecular complexity index is 870. The standard InChI is InChI=1S/C15H16ClN3O3S2/c16-10-7-9(5-6-13(10)24(17,21)22)15(20)18-8-14-19-11-3-1-2-4-12(11)23-14/h5-7H,1-4,8H2,(H,18,20)(H2,17,21,22). The fourth-order valence-corrected chi connectivity index (χ4v) is 4.80. The van der Waals surface area contributed by atoms with Crippen LogP contribution in [-0.4, -0.2) is 19.3 Å². The van der Waals surface area contributed by atoms with E-state index in [1.165, 1.54) is 29.5 Å². The molecule has 0 spiro atoms. The van der Waals surface area contributed by atoms with E-state index >= 15 is 0 Å². The second-order valence-corrected chi connectivity index (χ2v) is 8.66. The first kappa shape index (κ1) is 17.3. The van der Waals surface area contributed by atoms with Gasteiger partial charge in [-0.05, 0) is 43.9 Å². The number of fused-ring (bicyclic) bond motifs is 1. The quantitative estimate of drug-likeness (QED) is 0.842. The highest BCUT2D eigenvalue weighted by molar-refractivity contribution is 7.89. The van der Waals surface area contributed by atoms with Gasteiger partial charge in [-0.25, -0.2) is 18.5 Å². The molecule has 1 aliphatic rings. The van der Waals surface area contributed by atoms with E-state index in [9.17, 15) is 13.2 Å². The molecule has 0 saturated heterocycles. The Morgan fingerprint density at radius 1 is 1.33 bits per heavy atom. The largest absolute Gasteiger partial charge is 0.346 e. The minimum Gasteiger partial charge on any atom is -0.346 e. The maximum Gasteiger partial charge on any atom is 0.251 e. The van der Waals surface area contributed by atoms with Gasteiger partial charge in [-0.15, -0.1) is 11.3 Å². The molecule has 128 valence electrons. The van der Waals surface area contributed by atoms with E-state index in [1.54, 1.807) is 11.3 Å². The molecular formula is C15H16ClN3O3S2. The summed E-state index contributed by atoms with van der Waals surface area (Å²) in [7, 11) is -3.91. The third-order valence-corrected chi connectivity index (χ3v) is 6.34. The molecule has 0 aliphatic heterocycles. The molecule has 9 heteroatoms. The Kier molecular flexibility index (Phi) is 4.91. The molecule has 1 aromatic heterocycles. The third-order valence-electron chi connectivity index (χ3n) is 3.79. The third kappa shape index (κ3) is 3.77. The summed E-state index contributed by atoms with van der Waals surface area (Å²) in [6, 6.07) is 3.91. The van der Waals surface area contributed by atoms with Crippen molar-refractivity contribution in [2.45, 2.75) is 37.1 Å². The highest BCUT2D eigenvalue weighted by Gasteiger charge is 2.17. The van der Waals surface area contributed by atoms with E-state index in [-0.39, 0.29) is 21.4 Å². The van der Waals surface area contributed by atoms with Crippen LogP contribution in [0.1, 0.15) is 38.8 Å². The minimum absolute atomic E-state index is 0.0742. The van der Waals surface area contributed by atoms with Crippen molar-refractivity contribution in [1.82, 2.24) is 10.3 Å². The number of carbonyl (C=O) groups is 1. The number of carbonyl (C=O) groups excluding carboxylic acids is 1. The molecule has 0 atom stereocenters. The van der Waals surface area contributed by atoms with Crippen molar-refractivity contribution in [1.29, 1.82) is 0 Å². The Balaban J connectivity index is 1.69. The molecule has 3 N–H and O–H groups in total. The van der Waals surface area contributed by atoms with Crippen LogP contribution in [0.25, 0.3) is 0 Å². The van der Waals surface area contributed by atoms with Crippen molar-refractivity contribution in [3.8, 4) is 0 Å². The van der Waals surface area contributed by atoms with Crippen molar-refractivity contribution in [2.24, 2.45) is 5.14 Å². The van der Waals surface area contributed by atoms with Crippen molar-refractivity contribution in [2.75, 3.05) is 0 Å². The van der Waals surface area contributed by atoms with Gasteiger partial charge in [0.15, 0.2) is 0 Å². The van der Waals surface area contributed by atoms with Crippen LogP contribution in [0.15, 0.2) is 23.1 Å². The summed E-state index contributed by atoms with van der Waals surface area (Å²) < 4.78 is 22.7. The lowest BCUT2D eigenvalue weighted by atomic mass is 10.0. The number of sulfonamides is 1. The predicted molar refractivity (Wildman–Crippen MR) is 92.8 cm³/mol. The van der Waals surface area contributed by atoms with E-state index in [1.807, 2.05) is 0 Å². The molecule has 1 aliphatic carbocycles. The van der Waals surface area contributed by atoms with Crippen LogP contribution in [0.3, 0.4) is 0 Å². The van der Waals surface area contributed by atoms with Gasteiger partial charge in [0.1, 0.15) is 9.90 Å². The molecule has 0 radical (unpaired) electrons. The summed E-state index contributed by atoms with van der Waals surface area (Å²) in [4.78, 5) is 17.9. The molecule has 1 amide bonds. The number of thiazole rings is 1. The van der Waals surface area contributed by atoms with E-state index in [2.05, 4.69) is 10.3 Å². The Hall–Kier alpha value is -1.48. The second kappa shape index (κ2) is 6.79. The second-order valence-electron chi connectivity index (χ2n) is 5.56. The summed E-state index contributed by atoms with van der Waals surface area (Å²) in [6.45, 7) is 0.338. The number of nitrogens with two attached hydrogens (primary N) is 1.